The number of furan rings is 1. The minimum absolute atomic E-state index is 0.223. The maximum Gasteiger partial charge on any atom is 0.286 e. The van der Waals surface area contributed by atoms with Gasteiger partial charge in [0.25, 0.3) is 5.24 Å². The Morgan fingerprint density at radius 2 is 1.94 bits per heavy atom. The van der Waals surface area contributed by atoms with Crippen molar-refractivity contribution in [3.05, 3.63) is 66.1 Å². The Morgan fingerprint density at radius 1 is 1.13 bits per heavy atom. The van der Waals surface area contributed by atoms with Gasteiger partial charge in [0, 0.05) is 18.8 Å². The van der Waals surface area contributed by atoms with Crippen molar-refractivity contribution in [2.45, 2.75) is 18.6 Å². The van der Waals surface area contributed by atoms with Crippen LogP contribution in [0.3, 0.4) is 0 Å². The van der Waals surface area contributed by atoms with E-state index in [0.29, 0.717) is 19.6 Å². The molecule has 0 radical (unpaired) electrons. The number of hydrogen-bond acceptors (Lipinski definition) is 7. The van der Waals surface area contributed by atoms with Gasteiger partial charge >= 0.3 is 0 Å². The Kier molecular flexibility index (Phi) is 6.27. The monoisotopic (exact) mass is 437 g/mol. The van der Waals surface area contributed by atoms with E-state index in [2.05, 4.69) is 10.3 Å². The van der Waals surface area contributed by atoms with E-state index < -0.39 is 0 Å². The number of benzene rings is 1. The highest BCUT2D eigenvalue weighted by molar-refractivity contribution is 8.15. The van der Waals surface area contributed by atoms with Gasteiger partial charge in [-0.25, -0.2) is 4.98 Å². The molecule has 160 valence electrons. The van der Waals surface area contributed by atoms with Crippen LogP contribution in [0.2, 0.25) is 0 Å². The van der Waals surface area contributed by atoms with Crippen LogP contribution in [0.5, 0.6) is 5.75 Å². The molecule has 0 bridgehead atoms. The molecule has 1 aliphatic heterocycles. The van der Waals surface area contributed by atoms with Crippen LogP contribution in [0.1, 0.15) is 11.3 Å². The van der Waals surface area contributed by atoms with Crippen molar-refractivity contribution in [3.8, 4) is 17.1 Å². The second kappa shape index (κ2) is 9.26. The van der Waals surface area contributed by atoms with Gasteiger partial charge in [-0.05, 0) is 55.3 Å². The molecule has 7 nitrogen and oxygen atoms in total. The van der Waals surface area contributed by atoms with Crippen LogP contribution in [0, 0.1) is 6.92 Å². The first kappa shape index (κ1) is 21.0. The number of nitrogens with zero attached hydrogens (tertiary/aromatic N) is 2. The minimum Gasteiger partial charge on any atom is -0.492 e. The van der Waals surface area contributed by atoms with Crippen LogP contribution in [0.15, 0.2) is 59.1 Å². The standard InChI is InChI=1S/C23H23N3O4S/c1-15-3-9-19(30-15)17-6-10-21(24-14-17)26(2)11-12-29-18-7-4-16(5-8-18)13-20-22(27)25-23(28)31-20/h3-10,14,20H,11-13H2,1-2H3,(H,25,27,28). The highest BCUT2D eigenvalue weighted by Crippen LogP contribution is 2.24. The number of amides is 2. The smallest absolute Gasteiger partial charge is 0.286 e. The number of rotatable bonds is 8. The van der Waals surface area contributed by atoms with Crippen molar-refractivity contribution in [2.24, 2.45) is 0 Å². The molecule has 31 heavy (non-hydrogen) atoms. The van der Waals surface area contributed by atoms with Gasteiger partial charge < -0.3 is 14.1 Å². The van der Waals surface area contributed by atoms with E-state index in [-0.39, 0.29) is 16.4 Å². The molecule has 0 aliphatic carbocycles. The van der Waals surface area contributed by atoms with Crippen molar-refractivity contribution < 1.29 is 18.7 Å². The number of anilines is 1. The number of carbonyl (C=O) groups is 2. The number of aryl methyl sites for hydroxylation is 1. The topological polar surface area (TPSA) is 84.7 Å². The second-order valence-corrected chi connectivity index (χ2v) is 8.49. The van der Waals surface area contributed by atoms with E-state index in [1.807, 2.05) is 67.4 Å². The summed E-state index contributed by atoms with van der Waals surface area (Å²) in [6, 6.07) is 15.4. The molecule has 1 unspecified atom stereocenters. The van der Waals surface area contributed by atoms with Gasteiger partial charge in [0.15, 0.2) is 0 Å². The third-order valence-corrected chi connectivity index (χ3v) is 5.95. The fourth-order valence-electron chi connectivity index (χ4n) is 3.23. The summed E-state index contributed by atoms with van der Waals surface area (Å²) in [6.45, 7) is 3.10. The summed E-state index contributed by atoms with van der Waals surface area (Å²) in [5.41, 5.74) is 1.93. The number of ether oxygens (including phenoxy) is 1. The van der Waals surface area contributed by atoms with E-state index in [9.17, 15) is 9.59 Å². The zero-order valence-electron chi connectivity index (χ0n) is 17.3. The van der Waals surface area contributed by atoms with Gasteiger partial charge in [-0.15, -0.1) is 0 Å². The summed E-state index contributed by atoms with van der Waals surface area (Å²) < 4.78 is 11.5. The summed E-state index contributed by atoms with van der Waals surface area (Å²) in [5, 5.41) is 1.67. The van der Waals surface area contributed by atoms with E-state index in [1.54, 1.807) is 6.20 Å². The van der Waals surface area contributed by atoms with Gasteiger partial charge in [-0.1, -0.05) is 23.9 Å². The number of thioether (sulfide) groups is 1. The number of nitrogens with one attached hydrogen (secondary N) is 1. The van der Waals surface area contributed by atoms with Crippen molar-refractivity contribution in [2.75, 3.05) is 25.1 Å². The van der Waals surface area contributed by atoms with Crippen molar-refractivity contribution >= 4 is 28.7 Å². The first-order chi connectivity index (χ1) is 15.0. The Balaban J connectivity index is 1.25. The third kappa shape index (κ3) is 5.27. The summed E-state index contributed by atoms with van der Waals surface area (Å²) in [7, 11) is 1.97. The lowest BCUT2D eigenvalue weighted by atomic mass is 10.1. The molecule has 3 heterocycles. The lowest BCUT2D eigenvalue weighted by Gasteiger charge is -2.18. The van der Waals surface area contributed by atoms with Crippen LogP contribution >= 0.6 is 11.8 Å². The van der Waals surface area contributed by atoms with Crippen LogP contribution in [-0.2, 0) is 11.2 Å². The Labute approximate surface area is 184 Å². The Hall–Kier alpha value is -3.26. The molecule has 1 saturated heterocycles. The van der Waals surface area contributed by atoms with E-state index in [0.717, 1.165) is 46.0 Å². The SMILES string of the molecule is Cc1ccc(-c2ccc(N(C)CCOc3ccc(CC4SC(=O)NC4=O)cc3)nc2)o1. The molecule has 0 saturated carbocycles. The molecule has 2 amide bonds. The first-order valence-electron chi connectivity index (χ1n) is 9.95. The largest absolute Gasteiger partial charge is 0.492 e. The molecule has 0 spiro atoms. The average molecular weight is 438 g/mol. The maximum atomic E-state index is 11.7. The molecule has 3 aromatic rings. The number of carbonyl (C=O) groups excluding carboxylic acids is 2. The molecule has 1 N–H and O–H groups in total. The number of pyridine rings is 1. The molecule has 4 rings (SSSR count). The first-order valence-corrected chi connectivity index (χ1v) is 10.8. The summed E-state index contributed by atoms with van der Waals surface area (Å²) >= 11 is 1.04. The molecule has 1 fully saturated rings. The van der Waals surface area contributed by atoms with Crippen LogP contribution in [0.25, 0.3) is 11.3 Å². The van der Waals surface area contributed by atoms with Crippen LogP contribution in [0.4, 0.5) is 10.6 Å². The van der Waals surface area contributed by atoms with Gasteiger partial charge in [-0.3, -0.25) is 14.9 Å². The van der Waals surface area contributed by atoms with Crippen LogP contribution in [-0.4, -0.2) is 41.6 Å². The van der Waals surface area contributed by atoms with Gasteiger partial charge in [0.05, 0.1) is 11.8 Å². The highest BCUT2D eigenvalue weighted by atomic mass is 32.2. The zero-order valence-corrected chi connectivity index (χ0v) is 18.1. The van der Waals surface area contributed by atoms with Gasteiger partial charge in [0.1, 0.15) is 29.7 Å². The molecule has 2 aromatic heterocycles. The highest BCUT2D eigenvalue weighted by Gasteiger charge is 2.31. The fraction of sp³-hybridized carbons (Fsp3) is 0.261. The van der Waals surface area contributed by atoms with Crippen LogP contribution < -0.4 is 15.0 Å². The number of likely N-dealkylation sites (N-methyl/N-ethyl adjacent to an activating group) is 1. The molecule has 1 atom stereocenters. The minimum atomic E-state index is -0.358. The van der Waals surface area contributed by atoms with Crippen molar-refractivity contribution in [1.29, 1.82) is 0 Å². The summed E-state index contributed by atoms with van der Waals surface area (Å²) in [4.78, 5) is 29.5. The fourth-order valence-corrected chi connectivity index (χ4v) is 4.09. The molecule has 8 heteroatoms. The molecular weight excluding hydrogens is 414 g/mol. The normalized spacial score (nSPS) is 15.7. The molecular formula is C23H23N3O4S. The van der Waals surface area contributed by atoms with Gasteiger partial charge in [0.2, 0.25) is 5.91 Å². The molecule has 1 aromatic carbocycles. The Morgan fingerprint density at radius 3 is 2.55 bits per heavy atom. The number of imide groups is 1. The summed E-state index contributed by atoms with van der Waals surface area (Å²) in [6.07, 6.45) is 2.32. The van der Waals surface area contributed by atoms with E-state index in [1.165, 1.54) is 0 Å². The maximum absolute atomic E-state index is 11.7. The number of hydrogen-bond donors (Lipinski definition) is 1. The average Bonchev–Trinajstić information content (AvgIpc) is 3.34. The summed E-state index contributed by atoms with van der Waals surface area (Å²) in [5.74, 6) is 3.07. The predicted octanol–water partition coefficient (Wildman–Crippen LogP) is 4.06. The zero-order chi connectivity index (χ0) is 21.8. The quantitative estimate of drug-likeness (QED) is 0.569. The van der Waals surface area contributed by atoms with Crippen molar-refractivity contribution in [3.63, 3.8) is 0 Å². The second-order valence-electron chi connectivity index (χ2n) is 7.32. The third-order valence-electron chi connectivity index (χ3n) is 4.97. The Bertz CT molecular complexity index is 1060. The lowest BCUT2D eigenvalue weighted by molar-refractivity contribution is -0.118. The van der Waals surface area contributed by atoms with E-state index >= 15 is 0 Å². The van der Waals surface area contributed by atoms with Gasteiger partial charge in [-0.2, -0.15) is 0 Å². The lowest BCUT2D eigenvalue weighted by Crippen LogP contribution is -2.25. The van der Waals surface area contributed by atoms with E-state index in [4.69, 9.17) is 9.15 Å². The number of aromatic nitrogens is 1. The predicted molar refractivity (Wildman–Crippen MR) is 121 cm³/mol. The van der Waals surface area contributed by atoms with Crippen molar-refractivity contribution in [1.82, 2.24) is 10.3 Å². The molecule has 1 aliphatic rings.